The molecule has 1 aromatic carbocycles. The average molecular weight is 243 g/mol. The second kappa shape index (κ2) is 5.72. The minimum absolute atomic E-state index is 0.0624. The van der Waals surface area contributed by atoms with Gasteiger partial charge in [-0.05, 0) is 25.1 Å². The maximum Gasteiger partial charge on any atom is 0.256 e. The highest BCUT2D eigenvalue weighted by atomic mass is 35.5. The predicted molar refractivity (Wildman–Crippen MR) is 64.5 cm³/mol. The zero-order valence-electron chi connectivity index (χ0n) is 9.11. The minimum Gasteiger partial charge on any atom is -0.398 e. The molecule has 0 aliphatic rings. The maximum absolute atomic E-state index is 12.0. The molecule has 1 amide bonds. The molecule has 0 atom stereocenters. The van der Waals surface area contributed by atoms with Gasteiger partial charge >= 0.3 is 0 Å². The van der Waals surface area contributed by atoms with Crippen molar-refractivity contribution in [3.63, 3.8) is 0 Å². The Labute approximate surface area is 99.6 Å². The van der Waals surface area contributed by atoms with Crippen molar-refractivity contribution < 1.29 is 9.90 Å². The number of halogens is 1. The van der Waals surface area contributed by atoms with Crippen LogP contribution in [0.4, 0.5) is 5.69 Å². The molecule has 0 bridgehead atoms. The van der Waals surface area contributed by atoms with E-state index in [2.05, 4.69) is 0 Å². The number of rotatable bonds is 4. The van der Waals surface area contributed by atoms with E-state index >= 15 is 0 Å². The summed E-state index contributed by atoms with van der Waals surface area (Å²) in [6, 6.07) is 4.76. The monoisotopic (exact) mass is 242 g/mol. The lowest BCUT2D eigenvalue weighted by Gasteiger charge is -2.20. The molecule has 0 saturated carbocycles. The molecular formula is C11H15ClN2O2. The number of nitrogen functional groups attached to an aromatic ring is 1. The third-order valence-corrected chi connectivity index (χ3v) is 2.52. The topological polar surface area (TPSA) is 66.6 Å². The van der Waals surface area contributed by atoms with Gasteiger partial charge < -0.3 is 15.7 Å². The van der Waals surface area contributed by atoms with Crippen molar-refractivity contribution in [3.8, 4) is 0 Å². The smallest absolute Gasteiger partial charge is 0.256 e. The van der Waals surface area contributed by atoms with Crippen LogP contribution in [0.5, 0.6) is 0 Å². The maximum atomic E-state index is 12.0. The number of nitrogens with zero attached hydrogens (tertiary/aromatic N) is 1. The lowest BCUT2D eigenvalue weighted by atomic mass is 10.1. The first-order valence-corrected chi connectivity index (χ1v) is 5.43. The van der Waals surface area contributed by atoms with Crippen LogP contribution >= 0.6 is 11.6 Å². The third-order valence-electron chi connectivity index (χ3n) is 2.28. The third kappa shape index (κ3) is 2.87. The van der Waals surface area contributed by atoms with Crippen LogP contribution < -0.4 is 5.73 Å². The Morgan fingerprint density at radius 3 is 2.75 bits per heavy atom. The van der Waals surface area contributed by atoms with Crippen molar-refractivity contribution in [1.29, 1.82) is 0 Å². The summed E-state index contributed by atoms with van der Waals surface area (Å²) in [5, 5.41) is 9.33. The number of aliphatic hydroxyl groups excluding tert-OH is 1. The SMILES string of the molecule is CCN(CCO)C(=O)c1ccc(Cl)cc1N. The summed E-state index contributed by atoms with van der Waals surface area (Å²) in [7, 11) is 0. The molecule has 0 fully saturated rings. The van der Waals surface area contributed by atoms with Crippen LogP contribution in [0.1, 0.15) is 17.3 Å². The number of hydrogen-bond donors (Lipinski definition) is 2. The van der Waals surface area contributed by atoms with Crippen molar-refractivity contribution in [3.05, 3.63) is 28.8 Å². The fourth-order valence-electron chi connectivity index (χ4n) is 1.42. The molecule has 0 aliphatic heterocycles. The summed E-state index contributed by atoms with van der Waals surface area (Å²) in [4.78, 5) is 13.5. The van der Waals surface area contributed by atoms with E-state index in [1.165, 1.54) is 4.90 Å². The van der Waals surface area contributed by atoms with E-state index in [9.17, 15) is 4.79 Å². The molecule has 4 nitrogen and oxygen atoms in total. The molecule has 0 heterocycles. The van der Waals surface area contributed by atoms with Gasteiger partial charge in [0.2, 0.25) is 0 Å². The Kier molecular flexibility index (Phi) is 4.58. The second-order valence-electron chi connectivity index (χ2n) is 3.34. The molecule has 1 rings (SSSR count). The molecule has 1 aromatic rings. The van der Waals surface area contributed by atoms with Crippen molar-refractivity contribution in [2.24, 2.45) is 0 Å². The molecule has 5 heteroatoms. The first kappa shape index (κ1) is 12.8. The van der Waals surface area contributed by atoms with Gasteiger partial charge in [-0.1, -0.05) is 11.6 Å². The Morgan fingerprint density at radius 1 is 1.56 bits per heavy atom. The number of aliphatic hydroxyl groups is 1. The first-order valence-electron chi connectivity index (χ1n) is 5.05. The molecule has 88 valence electrons. The van der Waals surface area contributed by atoms with Gasteiger partial charge in [0.1, 0.15) is 0 Å². The standard InChI is InChI=1S/C11H15ClN2O2/c1-2-14(5-6-15)11(16)9-4-3-8(12)7-10(9)13/h3-4,7,15H,2,5-6,13H2,1H3. The summed E-state index contributed by atoms with van der Waals surface area (Å²) in [6.45, 7) is 2.62. The largest absolute Gasteiger partial charge is 0.398 e. The molecule has 0 aliphatic carbocycles. The van der Waals surface area contributed by atoms with Crippen LogP contribution in [0.2, 0.25) is 5.02 Å². The van der Waals surface area contributed by atoms with Crippen molar-refractivity contribution in [2.75, 3.05) is 25.4 Å². The van der Waals surface area contributed by atoms with Crippen LogP contribution in [0, 0.1) is 0 Å². The van der Waals surface area contributed by atoms with Gasteiger partial charge in [-0.25, -0.2) is 0 Å². The van der Waals surface area contributed by atoms with Crippen LogP contribution in [0.3, 0.4) is 0 Å². The fraction of sp³-hybridized carbons (Fsp3) is 0.364. The van der Waals surface area contributed by atoms with E-state index in [0.29, 0.717) is 29.4 Å². The lowest BCUT2D eigenvalue weighted by molar-refractivity contribution is 0.0733. The zero-order valence-corrected chi connectivity index (χ0v) is 9.87. The molecular weight excluding hydrogens is 228 g/mol. The highest BCUT2D eigenvalue weighted by Gasteiger charge is 2.16. The second-order valence-corrected chi connectivity index (χ2v) is 3.78. The van der Waals surface area contributed by atoms with Crippen LogP contribution in [0.15, 0.2) is 18.2 Å². The molecule has 0 radical (unpaired) electrons. The molecule has 0 saturated heterocycles. The van der Waals surface area contributed by atoms with Crippen molar-refractivity contribution >= 4 is 23.2 Å². The van der Waals surface area contributed by atoms with Gasteiger partial charge in [0.15, 0.2) is 0 Å². The van der Waals surface area contributed by atoms with E-state index in [-0.39, 0.29) is 12.5 Å². The average Bonchev–Trinajstić information content (AvgIpc) is 2.25. The van der Waals surface area contributed by atoms with E-state index < -0.39 is 0 Å². The predicted octanol–water partition coefficient (Wildman–Crippen LogP) is 1.38. The van der Waals surface area contributed by atoms with Crippen LogP contribution in [-0.2, 0) is 0 Å². The lowest BCUT2D eigenvalue weighted by Crippen LogP contribution is -2.33. The van der Waals surface area contributed by atoms with E-state index in [0.717, 1.165) is 0 Å². The van der Waals surface area contributed by atoms with E-state index in [4.69, 9.17) is 22.4 Å². The number of hydrogen-bond acceptors (Lipinski definition) is 3. The highest BCUT2D eigenvalue weighted by molar-refractivity contribution is 6.31. The fourth-order valence-corrected chi connectivity index (χ4v) is 1.60. The van der Waals surface area contributed by atoms with Gasteiger partial charge in [0.25, 0.3) is 5.91 Å². The number of likely N-dealkylation sites (N-methyl/N-ethyl adjacent to an activating group) is 1. The molecule has 16 heavy (non-hydrogen) atoms. The zero-order chi connectivity index (χ0) is 12.1. The highest BCUT2D eigenvalue weighted by Crippen LogP contribution is 2.19. The van der Waals surface area contributed by atoms with Gasteiger partial charge in [-0.15, -0.1) is 0 Å². The van der Waals surface area contributed by atoms with Gasteiger partial charge in [-0.3, -0.25) is 4.79 Å². The molecule has 0 aromatic heterocycles. The summed E-state index contributed by atoms with van der Waals surface area (Å²) in [5.41, 5.74) is 6.49. The van der Waals surface area contributed by atoms with E-state index in [1.54, 1.807) is 18.2 Å². The number of amides is 1. The Hall–Kier alpha value is -1.26. The van der Waals surface area contributed by atoms with Gasteiger partial charge in [0.05, 0.1) is 12.2 Å². The summed E-state index contributed by atoms with van der Waals surface area (Å²) in [6.07, 6.45) is 0. The number of nitrogens with two attached hydrogens (primary N) is 1. The van der Waals surface area contributed by atoms with Crippen LogP contribution in [-0.4, -0.2) is 35.6 Å². The van der Waals surface area contributed by atoms with Crippen molar-refractivity contribution in [1.82, 2.24) is 4.90 Å². The van der Waals surface area contributed by atoms with Gasteiger partial charge in [-0.2, -0.15) is 0 Å². The van der Waals surface area contributed by atoms with Crippen molar-refractivity contribution in [2.45, 2.75) is 6.92 Å². The Bertz CT molecular complexity index is 382. The number of carbonyl (C=O) groups excluding carboxylic acids is 1. The molecule has 3 N–H and O–H groups in total. The number of carbonyl (C=O) groups is 1. The quantitative estimate of drug-likeness (QED) is 0.784. The van der Waals surface area contributed by atoms with Crippen LogP contribution in [0.25, 0.3) is 0 Å². The summed E-state index contributed by atoms with van der Waals surface area (Å²) in [5.74, 6) is -0.189. The Morgan fingerprint density at radius 2 is 2.25 bits per heavy atom. The molecule has 0 unspecified atom stereocenters. The summed E-state index contributed by atoms with van der Waals surface area (Å²) >= 11 is 5.75. The van der Waals surface area contributed by atoms with E-state index in [1.807, 2.05) is 6.92 Å². The first-order chi connectivity index (χ1) is 7.60. The summed E-state index contributed by atoms with van der Waals surface area (Å²) < 4.78 is 0. The molecule has 0 spiro atoms. The normalized spacial score (nSPS) is 10.2. The number of benzene rings is 1. The van der Waals surface area contributed by atoms with Gasteiger partial charge in [0, 0.05) is 23.8 Å². The Balaban J connectivity index is 2.94. The number of anilines is 1. The minimum atomic E-state index is -0.189.